The second-order valence-electron chi connectivity index (χ2n) is 9.08. The zero-order valence-electron chi connectivity index (χ0n) is 19.7. The summed E-state index contributed by atoms with van der Waals surface area (Å²) < 4.78 is 0. The molecule has 0 aliphatic carbocycles. The van der Waals surface area contributed by atoms with Gasteiger partial charge in [-0.1, -0.05) is 54.6 Å². The molecule has 1 aliphatic heterocycles. The molecule has 1 aliphatic rings. The number of hydrogen-bond donors (Lipinski definition) is 1. The van der Waals surface area contributed by atoms with Crippen molar-refractivity contribution in [3.8, 4) is 11.1 Å². The molecular formula is C28H34N4O. The molecule has 172 valence electrons. The first-order chi connectivity index (χ1) is 16.1. The molecule has 1 aromatic heterocycles. The lowest BCUT2D eigenvalue weighted by molar-refractivity contribution is -0.135. The standard InChI is InChI=1S/C28H34N4O/c1-31(2)26-14-18-32(19-15-26)28(33)27(20-22-6-4-3-5-7-22)30-21-23-8-10-24(11-9-23)25-12-16-29-17-13-25/h3-13,16-17,26-27,30H,14-15,18-21H2,1-2H3. The van der Waals surface area contributed by atoms with Crippen molar-refractivity contribution in [3.05, 3.63) is 90.3 Å². The summed E-state index contributed by atoms with van der Waals surface area (Å²) in [7, 11) is 4.25. The molecule has 1 fully saturated rings. The Morgan fingerprint density at radius 1 is 0.939 bits per heavy atom. The van der Waals surface area contributed by atoms with Crippen molar-refractivity contribution in [2.24, 2.45) is 0 Å². The van der Waals surface area contributed by atoms with Gasteiger partial charge in [0.1, 0.15) is 0 Å². The number of pyridine rings is 1. The van der Waals surface area contributed by atoms with E-state index in [0.717, 1.165) is 31.5 Å². The van der Waals surface area contributed by atoms with Crippen LogP contribution in [-0.4, -0.2) is 60.0 Å². The van der Waals surface area contributed by atoms with E-state index in [2.05, 4.69) is 65.7 Å². The number of likely N-dealkylation sites (tertiary alicyclic amines) is 1. The number of amides is 1. The van der Waals surface area contributed by atoms with Crippen molar-refractivity contribution < 1.29 is 4.79 Å². The number of hydrogen-bond acceptors (Lipinski definition) is 4. The van der Waals surface area contributed by atoms with Gasteiger partial charge in [-0.25, -0.2) is 0 Å². The summed E-state index contributed by atoms with van der Waals surface area (Å²) >= 11 is 0. The van der Waals surface area contributed by atoms with Crippen LogP contribution >= 0.6 is 0 Å². The number of rotatable bonds is 8. The molecule has 0 spiro atoms. The van der Waals surface area contributed by atoms with Gasteiger partial charge in [0, 0.05) is 38.1 Å². The second-order valence-corrected chi connectivity index (χ2v) is 9.08. The zero-order valence-corrected chi connectivity index (χ0v) is 19.7. The summed E-state index contributed by atoms with van der Waals surface area (Å²) in [5.74, 6) is 0.212. The molecule has 1 unspecified atom stereocenters. The number of piperidine rings is 1. The van der Waals surface area contributed by atoms with Gasteiger partial charge in [-0.05, 0) is 67.7 Å². The topological polar surface area (TPSA) is 48.5 Å². The summed E-state index contributed by atoms with van der Waals surface area (Å²) in [6.07, 6.45) is 6.39. The highest BCUT2D eigenvalue weighted by molar-refractivity contribution is 5.82. The van der Waals surface area contributed by atoms with Crippen LogP contribution in [-0.2, 0) is 17.8 Å². The predicted molar refractivity (Wildman–Crippen MR) is 134 cm³/mol. The van der Waals surface area contributed by atoms with E-state index in [1.54, 1.807) is 0 Å². The smallest absolute Gasteiger partial charge is 0.240 e. The maximum Gasteiger partial charge on any atom is 0.240 e. The third-order valence-corrected chi connectivity index (χ3v) is 6.61. The minimum atomic E-state index is -0.233. The summed E-state index contributed by atoms with van der Waals surface area (Å²) in [5, 5.41) is 3.56. The highest BCUT2D eigenvalue weighted by atomic mass is 16.2. The number of nitrogens with one attached hydrogen (secondary N) is 1. The lowest BCUT2D eigenvalue weighted by Crippen LogP contribution is -2.52. The number of carbonyl (C=O) groups is 1. The first-order valence-corrected chi connectivity index (χ1v) is 11.8. The SMILES string of the molecule is CN(C)C1CCN(C(=O)C(Cc2ccccc2)NCc2ccc(-c3ccncc3)cc2)CC1. The Morgan fingerprint density at radius 2 is 1.58 bits per heavy atom. The van der Waals surface area contributed by atoms with Crippen molar-refractivity contribution in [1.29, 1.82) is 0 Å². The van der Waals surface area contributed by atoms with Gasteiger partial charge >= 0.3 is 0 Å². The summed E-state index contributed by atoms with van der Waals surface area (Å²) in [5.41, 5.74) is 4.68. The van der Waals surface area contributed by atoms with Crippen LogP contribution in [0.2, 0.25) is 0 Å². The fourth-order valence-electron chi connectivity index (χ4n) is 4.52. The molecule has 1 N–H and O–H groups in total. The number of aromatic nitrogens is 1. The van der Waals surface area contributed by atoms with E-state index < -0.39 is 0 Å². The van der Waals surface area contributed by atoms with Gasteiger partial charge in [-0.15, -0.1) is 0 Å². The second kappa shape index (κ2) is 11.2. The van der Waals surface area contributed by atoms with Gasteiger partial charge in [0.05, 0.1) is 6.04 Å². The van der Waals surface area contributed by atoms with Crippen molar-refractivity contribution in [2.75, 3.05) is 27.2 Å². The molecule has 5 heteroatoms. The van der Waals surface area contributed by atoms with Gasteiger partial charge in [0.2, 0.25) is 5.91 Å². The third-order valence-electron chi connectivity index (χ3n) is 6.61. The van der Waals surface area contributed by atoms with Crippen molar-refractivity contribution in [1.82, 2.24) is 20.1 Å². The average Bonchev–Trinajstić information content (AvgIpc) is 2.87. The molecule has 1 atom stereocenters. The lowest BCUT2D eigenvalue weighted by Gasteiger charge is -2.37. The Bertz CT molecular complexity index is 997. The Labute approximate surface area is 197 Å². The normalized spacial score (nSPS) is 15.5. The van der Waals surface area contributed by atoms with E-state index in [0.29, 0.717) is 19.0 Å². The van der Waals surface area contributed by atoms with Crippen LogP contribution in [0.25, 0.3) is 11.1 Å². The Kier molecular flexibility index (Phi) is 7.87. The van der Waals surface area contributed by atoms with Gasteiger partial charge in [-0.3, -0.25) is 9.78 Å². The quantitative estimate of drug-likeness (QED) is 0.573. The highest BCUT2D eigenvalue weighted by Crippen LogP contribution is 2.19. The summed E-state index contributed by atoms with van der Waals surface area (Å²) in [6.45, 7) is 2.32. The minimum Gasteiger partial charge on any atom is -0.341 e. The molecule has 4 rings (SSSR count). The largest absolute Gasteiger partial charge is 0.341 e. The molecule has 1 amide bonds. The first-order valence-electron chi connectivity index (χ1n) is 11.8. The number of nitrogens with zero attached hydrogens (tertiary/aromatic N) is 3. The van der Waals surface area contributed by atoms with Gasteiger partial charge in [-0.2, -0.15) is 0 Å². The van der Waals surface area contributed by atoms with Gasteiger partial charge in [0.15, 0.2) is 0 Å². The molecule has 5 nitrogen and oxygen atoms in total. The number of carbonyl (C=O) groups excluding carboxylic acids is 1. The average molecular weight is 443 g/mol. The minimum absolute atomic E-state index is 0.212. The van der Waals surface area contributed by atoms with Crippen LogP contribution in [0.5, 0.6) is 0 Å². The first kappa shape index (κ1) is 23.1. The molecule has 0 radical (unpaired) electrons. The van der Waals surface area contributed by atoms with Gasteiger partial charge < -0.3 is 15.1 Å². The van der Waals surface area contributed by atoms with Crippen LogP contribution in [0.1, 0.15) is 24.0 Å². The lowest BCUT2D eigenvalue weighted by atomic mass is 10.00. The maximum absolute atomic E-state index is 13.5. The van der Waals surface area contributed by atoms with E-state index in [9.17, 15) is 4.79 Å². The van der Waals surface area contributed by atoms with Crippen LogP contribution in [0.3, 0.4) is 0 Å². The zero-order chi connectivity index (χ0) is 23.0. The third kappa shape index (κ3) is 6.28. The van der Waals surface area contributed by atoms with Crippen LogP contribution < -0.4 is 5.32 Å². The van der Waals surface area contributed by atoms with Crippen molar-refractivity contribution >= 4 is 5.91 Å². The Morgan fingerprint density at radius 3 is 2.21 bits per heavy atom. The monoisotopic (exact) mass is 442 g/mol. The van der Waals surface area contributed by atoms with Gasteiger partial charge in [0.25, 0.3) is 0 Å². The van der Waals surface area contributed by atoms with E-state index in [1.807, 2.05) is 47.6 Å². The Hall–Kier alpha value is -3.02. The van der Waals surface area contributed by atoms with E-state index in [-0.39, 0.29) is 11.9 Å². The molecule has 3 aromatic rings. The molecule has 2 aromatic carbocycles. The van der Waals surface area contributed by atoms with Crippen LogP contribution in [0, 0.1) is 0 Å². The summed E-state index contributed by atoms with van der Waals surface area (Å²) in [4.78, 5) is 21.9. The van der Waals surface area contributed by atoms with Crippen molar-refractivity contribution in [2.45, 2.75) is 37.9 Å². The molecule has 2 heterocycles. The van der Waals surface area contributed by atoms with Crippen LogP contribution in [0.4, 0.5) is 0 Å². The molecule has 33 heavy (non-hydrogen) atoms. The Balaban J connectivity index is 1.42. The van der Waals surface area contributed by atoms with E-state index in [4.69, 9.17) is 0 Å². The van der Waals surface area contributed by atoms with E-state index >= 15 is 0 Å². The fourth-order valence-corrected chi connectivity index (χ4v) is 4.52. The molecule has 0 saturated carbocycles. The maximum atomic E-state index is 13.5. The van der Waals surface area contributed by atoms with E-state index in [1.165, 1.54) is 16.7 Å². The number of benzene rings is 2. The predicted octanol–water partition coefficient (Wildman–Crippen LogP) is 4.00. The molecular weight excluding hydrogens is 408 g/mol. The summed E-state index contributed by atoms with van der Waals surface area (Å²) in [6, 6.07) is 23.2. The fraction of sp³-hybridized carbons (Fsp3) is 0.357. The molecule has 1 saturated heterocycles. The van der Waals surface area contributed by atoms with Crippen molar-refractivity contribution in [3.63, 3.8) is 0 Å². The van der Waals surface area contributed by atoms with Crippen LogP contribution in [0.15, 0.2) is 79.1 Å². The molecule has 0 bridgehead atoms. The highest BCUT2D eigenvalue weighted by Gasteiger charge is 2.28.